The van der Waals surface area contributed by atoms with Crippen molar-refractivity contribution in [1.29, 1.82) is 0 Å². The fourth-order valence-electron chi connectivity index (χ4n) is 3.31. The first-order valence-corrected chi connectivity index (χ1v) is 7.73. The third kappa shape index (κ3) is 3.91. The lowest BCUT2D eigenvalue weighted by molar-refractivity contribution is -0.171. The van der Waals surface area contributed by atoms with Gasteiger partial charge in [0, 0.05) is 26.4 Å². The summed E-state index contributed by atoms with van der Waals surface area (Å²) in [5, 5.41) is 14.1. The number of nitrogens with one attached hydrogen (secondary N) is 1. The van der Waals surface area contributed by atoms with Gasteiger partial charge < -0.3 is 19.9 Å². The lowest BCUT2D eigenvalue weighted by Crippen LogP contribution is -2.52. The number of hydrogen-bond acceptors (Lipinski definition) is 4. The van der Waals surface area contributed by atoms with Crippen molar-refractivity contribution >= 4 is 0 Å². The van der Waals surface area contributed by atoms with Crippen LogP contribution < -0.4 is 5.32 Å². The molecule has 0 radical (unpaired) electrons. The molecule has 2 unspecified atom stereocenters. The van der Waals surface area contributed by atoms with Crippen LogP contribution in [-0.2, 0) is 9.47 Å². The molecule has 0 aromatic heterocycles. The van der Waals surface area contributed by atoms with Crippen LogP contribution in [-0.4, -0.2) is 49.2 Å². The molecule has 4 nitrogen and oxygen atoms in total. The van der Waals surface area contributed by atoms with Crippen molar-refractivity contribution in [2.45, 2.75) is 57.2 Å². The monoisotopic (exact) mass is 271 g/mol. The minimum Gasteiger partial charge on any atom is -0.389 e. The molecule has 2 aliphatic rings. The highest BCUT2D eigenvalue weighted by Gasteiger charge is 2.44. The standard InChI is InChI=1S/C15H29NO3/c1-3-7-16-12-14(2,17)13-4-8-19-15(11-13)5-9-18-10-6-15/h13,16-17H,3-12H2,1-2H3. The largest absolute Gasteiger partial charge is 0.389 e. The molecule has 0 saturated carbocycles. The highest BCUT2D eigenvalue weighted by Crippen LogP contribution is 2.40. The average Bonchev–Trinajstić information content (AvgIpc) is 2.40. The molecule has 19 heavy (non-hydrogen) atoms. The summed E-state index contributed by atoms with van der Waals surface area (Å²) in [6.07, 6.45) is 4.98. The van der Waals surface area contributed by atoms with E-state index in [0.717, 1.165) is 58.5 Å². The average molecular weight is 271 g/mol. The van der Waals surface area contributed by atoms with Gasteiger partial charge in [-0.1, -0.05) is 6.92 Å². The minimum absolute atomic E-state index is 0.0318. The summed E-state index contributed by atoms with van der Waals surface area (Å²) >= 11 is 0. The number of hydrogen-bond donors (Lipinski definition) is 2. The summed E-state index contributed by atoms with van der Waals surface area (Å²) in [5.41, 5.74) is -0.667. The zero-order valence-corrected chi connectivity index (χ0v) is 12.4. The molecule has 2 aliphatic heterocycles. The predicted molar refractivity (Wildman–Crippen MR) is 75.2 cm³/mol. The zero-order chi connectivity index (χ0) is 13.8. The van der Waals surface area contributed by atoms with Crippen LogP contribution in [0, 0.1) is 5.92 Å². The van der Waals surface area contributed by atoms with Crippen LogP contribution in [0.1, 0.15) is 46.0 Å². The maximum atomic E-state index is 10.7. The Balaban J connectivity index is 1.91. The molecule has 0 bridgehead atoms. The molecule has 2 heterocycles. The van der Waals surface area contributed by atoms with Crippen LogP contribution >= 0.6 is 0 Å². The first-order valence-electron chi connectivity index (χ1n) is 7.73. The van der Waals surface area contributed by atoms with E-state index in [-0.39, 0.29) is 5.60 Å². The highest BCUT2D eigenvalue weighted by atomic mass is 16.5. The summed E-state index contributed by atoms with van der Waals surface area (Å²) in [5.74, 6) is 0.323. The summed E-state index contributed by atoms with van der Waals surface area (Å²) in [6, 6.07) is 0. The van der Waals surface area contributed by atoms with Crippen LogP contribution in [0.3, 0.4) is 0 Å². The van der Waals surface area contributed by atoms with Crippen LogP contribution in [0.5, 0.6) is 0 Å². The Morgan fingerprint density at radius 1 is 1.32 bits per heavy atom. The Bertz CT molecular complexity index is 269. The minimum atomic E-state index is -0.635. The van der Waals surface area contributed by atoms with Crippen LogP contribution in [0.2, 0.25) is 0 Å². The molecule has 2 fully saturated rings. The second kappa shape index (κ2) is 6.53. The van der Waals surface area contributed by atoms with Gasteiger partial charge in [-0.2, -0.15) is 0 Å². The molecular formula is C15H29NO3. The lowest BCUT2D eigenvalue weighted by atomic mass is 9.74. The van der Waals surface area contributed by atoms with Crippen molar-refractivity contribution in [2.75, 3.05) is 32.9 Å². The van der Waals surface area contributed by atoms with Gasteiger partial charge in [-0.05, 0) is 51.5 Å². The fraction of sp³-hybridized carbons (Fsp3) is 1.00. The molecule has 0 aromatic carbocycles. The third-order valence-electron chi connectivity index (χ3n) is 4.69. The van der Waals surface area contributed by atoms with E-state index in [4.69, 9.17) is 9.47 Å². The molecule has 4 heteroatoms. The number of aliphatic hydroxyl groups is 1. The van der Waals surface area contributed by atoms with E-state index in [1.54, 1.807) is 0 Å². The molecule has 1 spiro atoms. The Hall–Kier alpha value is -0.160. The van der Waals surface area contributed by atoms with E-state index in [1.165, 1.54) is 0 Å². The van der Waals surface area contributed by atoms with Crippen LogP contribution in [0.25, 0.3) is 0 Å². The summed E-state index contributed by atoms with van der Waals surface area (Å²) < 4.78 is 11.5. The van der Waals surface area contributed by atoms with E-state index >= 15 is 0 Å². The Morgan fingerprint density at radius 2 is 2.05 bits per heavy atom. The van der Waals surface area contributed by atoms with Gasteiger partial charge in [0.25, 0.3) is 0 Å². The molecule has 112 valence electrons. The second-order valence-electron chi connectivity index (χ2n) is 6.37. The maximum absolute atomic E-state index is 10.7. The van der Waals surface area contributed by atoms with Gasteiger partial charge in [0.2, 0.25) is 0 Å². The summed E-state index contributed by atoms with van der Waals surface area (Å²) in [4.78, 5) is 0. The third-order valence-corrected chi connectivity index (χ3v) is 4.69. The van der Waals surface area contributed by atoms with Gasteiger partial charge in [0.1, 0.15) is 0 Å². The first-order chi connectivity index (χ1) is 9.08. The number of ether oxygens (including phenoxy) is 2. The van der Waals surface area contributed by atoms with Gasteiger partial charge in [0.05, 0.1) is 11.2 Å². The molecule has 0 amide bonds. The Morgan fingerprint density at radius 3 is 2.74 bits per heavy atom. The smallest absolute Gasteiger partial charge is 0.0773 e. The Labute approximate surface area is 116 Å². The van der Waals surface area contributed by atoms with Crippen molar-refractivity contribution in [2.24, 2.45) is 5.92 Å². The zero-order valence-electron chi connectivity index (χ0n) is 12.4. The van der Waals surface area contributed by atoms with Crippen LogP contribution in [0.15, 0.2) is 0 Å². The molecule has 0 aromatic rings. The number of rotatable bonds is 5. The Kier molecular flexibility index (Phi) is 5.23. The highest BCUT2D eigenvalue weighted by molar-refractivity contribution is 4.95. The normalized spacial score (nSPS) is 30.2. The van der Waals surface area contributed by atoms with Crippen molar-refractivity contribution in [3.63, 3.8) is 0 Å². The molecule has 0 aliphatic carbocycles. The summed E-state index contributed by atoms with van der Waals surface area (Å²) in [7, 11) is 0. The van der Waals surface area contributed by atoms with Crippen molar-refractivity contribution in [3.05, 3.63) is 0 Å². The van der Waals surface area contributed by atoms with Gasteiger partial charge in [-0.3, -0.25) is 0 Å². The van der Waals surface area contributed by atoms with E-state index in [2.05, 4.69) is 12.2 Å². The first kappa shape index (κ1) is 15.2. The molecule has 2 rings (SSSR count). The lowest BCUT2D eigenvalue weighted by Gasteiger charge is -2.47. The van der Waals surface area contributed by atoms with Crippen molar-refractivity contribution in [1.82, 2.24) is 5.32 Å². The quantitative estimate of drug-likeness (QED) is 0.748. The van der Waals surface area contributed by atoms with Gasteiger partial charge in [0.15, 0.2) is 0 Å². The van der Waals surface area contributed by atoms with Crippen molar-refractivity contribution in [3.8, 4) is 0 Å². The summed E-state index contributed by atoms with van der Waals surface area (Å²) in [6.45, 7) is 8.13. The van der Waals surface area contributed by atoms with E-state index in [0.29, 0.717) is 12.5 Å². The molecular weight excluding hydrogens is 242 g/mol. The van der Waals surface area contributed by atoms with Crippen molar-refractivity contribution < 1.29 is 14.6 Å². The van der Waals surface area contributed by atoms with E-state index < -0.39 is 5.60 Å². The van der Waals surface area contributed by atoms with Gasteiger partial charge in [-0.15, -0.1) is 0 Å². The van der Waals surface area contributed by atoms with E-state index in [1.807, 2.05) is 6.92 Å². The van der Waals surface area contributed by atoms with Gasteiger partial charge >= 0.3 is 0 Å². The maximum Gasteiger partial charge on any atom is 0.0773 e. The SMILES string of the molecule is CCCNCC(C)(O)C1CCOC2(CCOCC2)C1. The van der Waals surface area contributed by atoms with Gasteiger partial charge in [-0.25, -0.2) is 0 Å². The van der Waals surface area contributed by atoms with E-state index in [9.17, 15) is 5.11 Å². The fourth-order valence-corrected chi connectivity index (χ4v) is 3.31. The second-order valence-corrected chi connectivity index (χ2v) is 6.37. The molecule has 2 saturated heterocycles. The molecule has 2 N–H and O–H groups in total. The van der Waals surface area contributed by atoms with Crippen LogP contribution in [0.4, 0.5) is 0 Å². The predicted octanol–water partition coefficient (Wildman–Crippen LogP) is 1.71. The topological polar surface area (TPSA) is 50.7 Å². The molecule has 2 atom stereocenters.